The molecule has 3 nitrogen and oxygen atoms in total. The highest BCUT2D eigenvalue weighted by molar-refractivity contribution is 4.84. The number of rotatable bonds is 6. The topological polar surface area (TPSA) is 24.5 Å². The standard InChI is InChI=1S/C13H26N2O/c1-11(9-14-13-3-4-13)15-7-5-12(6-8-15)10-16-2/h11-14H,3-10H2,1-2H3. The van der Waals surface area contributed by atoms with Gasteiger partial charge in [0.05, 0.1) is 0 Å². The van der Waals surface area contributed by atoms with Crippen LogP contribution in [-0.2, 0) is 4.74 Å². The quantitative estimate of drug-likeness (QED) is 0.742. The van der Waals surface area contributed by atoms with Gasteiger partial charge in [-0.15, -0.1) is 0 Å². The fourth-order valence-corrected chi connectivity index (χ4v) is 2.55. The molecule has 1 unspecified atom stereocenters. The normalized spacial score (nSPS) is 25.9. The van der Waals surface area contributed by atoms with Crippen LogP contribution in [0.2, 0.25) is 0 Å². The Morgan fingerprint density at radius 1 is 1.25 bits per heavy atom. The molecular formula is C13H26N2O. The number of ether oxygens (including phenoxy) is 1. The zero-order valence-corrected chi connectivity index (χ0v) is 10.7. The van der Waals surface area contributed by atoms with Crippen LogP contribution in [0.25, 0.3) is 0 Å². The molecule has 1 aliphatic carbocycles. The molecule has 0 aromatic rings. The Labute approximate surface area is 99.5 Å². The van der Waals surface area contributed by atoms with Crippen LogP contribution in [0.4, 0.5) is 0 Å². The second kappa shape index (κ2) is 5.99. The van der Waals surface area contributed by atoms with E-state index >= 15 is 0 Å². The highest BCUT2D eigenvalue weighted by atomic mass is 16.5. The van der Waals surface area contributed by atoms with E-state index in [-0.39, 0.29) is 0 Å². The Morgan fingerprint density at radius 2 is 1.94 bits per heavy atom. The van der Waals surface area contributed by atoms with Crippen molar-refractivity contribution in [2.75, 3.05) is 33.4 Å². The van der Waals surface area contributed by atoms with Crippen LogP contribution in [0.5, 0.6) is 0 Å². The van der Waals surface area contributed by atoms with Crippen LogP contribution in [0.3, 0.4) is 0 Å². The summed E-state index contributed by atoms with van der Waals surface area (Å²) in [6, 6.07) is 1.54. The van der Waals surface area contributed by atoms with Crippen molar-refractivity contribution in [2.45, 2.75) is 44.7 Å². The molecule has 1 atom stereocenters. The summed E-state index contributed by atoms with van der Waals surface area (Å²) in [5, 5.41) is 3.62. The lowest BCUT2D eigenvalue weighted by atomic mass is 9.97. The summed E-state index contributed by atoms with van der Waals surface area (Å²) in [7, 11) is 1.81. The maximum Gasteiger partial charge on any atom is 0.0491 e. The number of hydrogen-bond donors (Lipinski definition) is 1. The van der Waals surface area contributed by atoms with Crippen molar-refractivity contribution < 1.29 is 4.74 Å². The highest BCUT2D eigenvalue weighted by Crippen LogP contribution is 2.21. The first kappa shape index (κ1) is 12.3. The van der Waals surface area contributed by atoms with E-state index in [1.165, 1.54) is 45.3 Å². The van der Waals surface area contributed by atoms with E-state index in [9.17, 15) is 0 Å². The van der Waals surface area contributed by atoms with E-state index in [1.807, 2.05) is 7.11 Å². The van der Waals surface area contributed by atoms with Gasteiger partial charge in [0.25, 0.3) is 0 Å². The zero-order chi connectivity index (χ0) is 11.4. The molecule has 1 heterocycles. The van der Waals surface area contributed by atoms with Gasteiger partial charge in [0.1, 0.15) is 0 Å². The van der Waals surface area contributed by atoms with Crippen LogP contribution in [-0.4, -0.2) is 50.3 Å². The molecule has 0 spiro atoms. The van der Waals surface area contributed by atoms with Gasteiger partial charge in [0.2, 0.25) is 0 Å². The summed E-state index contributed by atoms with van der Waals surface area (Å²) in [6.45, 7) is 6.97. The van der Waals surface area contributed by atoms with Crippen LogP contribution >= 0.6 is 0 Å². The fraction of sp³-hybridized carbons (Fsp3) is 1.00. The lowest BCUT2D eigenvalue weighted by Crippen LogP contribution is -2.45. The number of nitrogens with zero attached hydrogens (tertiary/aromatic N) is 1. The van der Waals surface area contributed by atoms with E-state index in [0.29, 0.717) is 6.04 Å². The molecule has 94 valence electrons. The second-order valence-electron chi connectivity index (χ2n) is 5.47. The van der Waals surface area contributed by atoms with Crippen LogP contribution in [0.1, 0.15) is 32.6 Å². The lowest BCUT2D eigenvalue weighted by molar-refractivity contribution is 0.0831. The highest BCUT2D eigenvalue weighted by Gasteiger charge is 2.25. The number of likely N-dealkylation sites (tertiary alicyclic amines) is 1. The Bertz CT molecular complexity index is 198. The van der Waals surface area contributed by atoms with Crippen molar-refractivity contribution in [3.05, 3.63) is 0 Å². The molecular weight excluding hydrogens is 200 g/mol. The monoisotopic (exact) mass is 226 g/mol. The van der Waals surface area contributed by atoms with Crippen molar-refractivity contribution in [1.29, 1.82) is 0 Å². The molecule has 1 saturated heterocycles. The molecule has 2 aliphatic rings. The molecule has 0 aromatic heterocycles. The number of methoxy groups -OCH3 is 1. The van der Waals surface area contributed by atoms with E-state index in [2.05, 4.69) is 17.1 Å². The fourth-order valence-electron chi connectivity index (χ4n) is 2.55. The summed E-state index contributed by atoms with van der Waals surface area (Å²) in [5.41, 5.74) is 0. The van der Waals surface area contributed by atoms with Gasteiger partial charge in [0, 0.05) is 32.3 Å². The average Bonchev–Trinajstić information content (AvgIpc) is 3.11. The van der Waals surface area contributed by atoms with Crippen molar-refractivity contribution >= 4 is 0 Å². The third-order valence-corrected chi connectivity index (χ3v) is 3.95. The Balaban J connectivity index is 1.62. The predicted octanol–water partition coefficient (Wildman–Crippen LogP) is 1.49. The summed E-state index contributed by atoms with van der Waals surface area (Å²) >= 11 is 0. The molecule has 2 fully saturated rings. The first-order valence-electron chi connectivity index (χ1n) is 6.76. The van der Waals surface area contributed by atoms with Crippen molar-refractivity contribution in [2.24, 2.45) is 5.92 Å². The largest absolute Gasteiger partial charge is 0.384 e. The molecule has 16 heavy (non-hydrogen) atoms. The third kappa shape index (κ3) is 3.72. The average molecular weight is 226 g/mol. The zero-order valence-electron chi connectivity index (χ0n) is 10.7. The predicted molar refractivity (Wildman–Crippen MR) is 66.7 cm³/mol. The van der Waals surface area contributed by atoms with Crippen LogP contribution < -0.4 is 5.32 Å². The molecule has 1 aliphatic heterocycles. The maximum atomic E-state index is 5.23. The van der Waals surface area contributed by atoms with E-state index in [4.69, 9.17) is 4.74 Å². The van der Waals surface area contributed by atoms with Gasteiger partial charge in [-0.1, -0.05) is 0 Å². The molecule has 0 amide bonds. The van der Waals surface area contributed by atoms with Crippen LogP contribution in [0, 0.1) is 5.92 Å². The minimum absolute atomic E-state index is 0.698. The van der Waals surface area contributed by atoms with Gasteiger partial charge in [-0.25, -0.2) is 0 Å². The van der Waals surface area contributed by atoms with E-state index < -0.39 is 0 Å². The van der Waals surface area contributed by atoms with Crippen molar-refractivity contribution in [3.8, 4) is 0 Å². The Morgan fingerprint density at radius 3 is 2.50 bits per heavy atom. The SMILES string of the molecule is COCC1CCN(C(C)CNC2CC2)CC1. The molecule has 3 heteroatoms. The lowest BCUT2D eigenvalue weighted by Gasteiger charge is -2.36. The minimum atomic E-state index is 0.698. The van der Waals surface area contributed by atoms with Crippen molar-refractivity contribution in [1.82, 2.24) is 10.2 Å². The van der Waals surface area contributed by atoms with E-state index in [0.717, 1.165) is 18.6 Å². The van der Waals surface area contributed by atoms with Gasteiger partial charge in [-0.05, 0) is 51.6 Å². The summed E-state index contributed by atoms with van der Waals surface area (Å²) in [6.07, 6.45) is 5.40. The number of hydrogen-bond acceptors (Lipinski definition) is 3. The first-order chi connectivity index (χ1) is 7.79. The molecule has 0 aromatic carbocycles. The van der Waals surface area contributed by atoms with Gasteiger partial charge >= 0.3 is 0 Å². The Kier molecular flexibility index (Phi) is 4.62. The minimum Gasteiger partial charge on any atom is -0.384 e. The molecule has 1 N–H and O–H groups in total. The number of nitrogens with one attached hydrogen (secondary N) is 1. The summed E-state index contributed by atoms with van der Waals surface area (Å²) < 4.78 is 5.23. The molecule has 0 bridgehead atoms. The molecule has 0 radical (unpaired) electrons. The van der Waals surface area contributed by atoms with Gasteiger partial charge in [-0.3, -0.25) is 4.90 Å². The summed E-state index contributed by atoms with van der Waals surface area (Å²) in [4.78, 5) is 2.63. The Hall–Kier alpha value is -0.120. The molecule has 1 saturated carbocycles. The number of piperidine rings is 1. The van der Waals surface area contributed by atoms with Gasteiger partial charge in [-0.2, -0.15) is 0 Å². The smallest absolute Gasteiger partial charge is 0.0491 e. The second-order valence-corrected chi connectivity index (χ2v) is 5.47. The van der Waals surface area contributed by atoms with Gasteiger partial charge < -0.3 is 10.1 Å². The summed E-state index contributed by atoms with van der Waals surface area (Å²) in [5.74, 6) is 0.796. The van der Waals surface area contributed by atoms with Crippen LogP contribution in [0.15, 0.2) is 0 Å². The van der Waals surface area contributed by atoms with Gasteiger partial charge in [0.15, 0.2) is 0 Å². The third-order valence-electron chi connectivity index (χ3n) is 3.95. The first-order valence-corrected chi connectivity index (χ1v) is 6.76. The van der Waals surface area contributed by atoms with Crippen molar-refractivity contribution in [3.63, 3.8) is 0 Å². The van der Waals surface area contributed by atoms with E-state index in [1.54, 1.807) is 0 Å². The maximum absolute atomic E-state index is 5.23. The molecule has 2 rings (SSSR count).